The number of hydrogen-bond acceptors (Lipinski definition) is 3. The van der Waals surface area contributed by atoms with Crippen LogP contribution in [-0.4, -0.2) is 23.2 Å². The number of thiophene rings is 1. The summed E-state index contributed by atoms with van der Waals surface area (Å²) in [6, 6.07) is 1.97. The van der Waals surface area contributed by atoms with Gasteiger partial charge in [-0.05, 0) is 37.8 Å². The van der Waals surface area contributed by atoms with Gasteiger partial charge in [-0.25, -0.2) is 0 Å². The Bertz CT molecular complexity index is 447. The third kappa shape index (κ3) is 3.57. The van der Waals surface area contributed by atoms with Gasteiger partial charge in [-0.15, -0.1) is 11.3 Å². The first-order chi connectivity index (χ1) is 9.04. The highest BCUT2D eigenvalue weighted by molar-refractivity contribution is 7.14. The van der Waals surface area contributed by atoms with E-state index in [-0.39, 0.29) is 5.91 Å². The lowest BCUT2D eigenvalue weighted by Crippen LogP contribution is -2.44. The molecule has 1 aromatic rings. The first-order valence-electron chi connectivity index (χ1n) is 7.14. The second-order valence-electron chi connectivity index (χ2n) is 5.51. The molecule has 106 valence electrons. The van der Waals surface area contributed by atoms with Crippen molar-refractivity contribution in [1.29, 1.82) is 0 Å². The summed E-state index contributed by atoms with van der Waals surface area (Å²) in [5.74, 6) is -0.0493. The minimum atomic E-state index is -0.687. The largest absolute Gasteiger partial charge is 0.388 e. The number of rotatable bonds is 4. The fourth-order valence-electron chi connectivity index (χ4n) is 2.70. The van der Waals surface area contributed by atoms with Crippen LogP contribution < -0.4 is 5.32 Å². The molecule has 3 nitrogen and oxygen atoms in total. The molecule has 1 aliphatic rings. The highest BCUT2D eigenvalue weighted by Gasteiger charge is 2.29. The maximum atomic E-state index is 12.1. The van der Waals surface area contributed by atoms with Crippen molar-refractivity contribution in [2.75, 3.05) is 6.54 Å². The molecule has 0 atom stereocenters. The summed E-state index contributed by atoms with van der Waals surface area (Å²) in [7, 11) is 0. The zero-order chi connectivity index (χ0) is 13.9. The van der Waals surface area contributed by atoms with Crippen LogP contribution in [0.2, 0.25) is 0 Å². The van der Waals surface area contributed by atoms with E-state index in [0.29, 0.717) is 6.54 Å². The van der Waals surface area contributed by atoms with Crippen LogP contribution in [0.5, 0.6) is 0 Å². The molecule has 4 heteroatoms. The number of carbonyl (C=O) groups excluding carboxylic acids is 1. The van der Waals surface area contributed by atoms with Crippen LogP contribution in [-0.2, 0) is 6.42 Å². The van der Waals surface area contributed by atoms with Crippen LogP contribution in [0.1, 0.15) is 59.1 Å². The van der Waals surface area contributed by atoms with Crippen LogP contribution >= 0.6 is 11.3 Å². The molecule has 0 unspecified atom stereocenters. The molecule has 1 fully saturated rings. The molecule has 1 saturated carbocycles. The summed E-state index contributed by atoms with van der Waals surface area (Å²) in [5, 5.41) is 13.3. The molecule has 2 rings (SSSR count). The quantitative estimate of drug-likeness (QED) is 0.891. The summed E-state index contributed by atoms with van der Waals surface area (Å²) >= 11 is 1.54. The van der Waals surface area contributed by atoms with Gasteiger partial charge in [-0.2, -0.15) is 0 Å². The first kappa shape index (κ1) is 14.5. The van der Waals surface area contributed by atoms with Gasteiger partial charge in [0.2, 0.25) is 0 Å². The molecular formula is C15H23NO2S. The third-order valence-electron chi connectivity index (χ3n) is 3.99. The minimum absolute atomic E-state index is 0.0493. The van der Waals surface area contributed by atoms with E-state index < -0.39 is 5.60 Å². The van der Waals surface area contributed by atoms with Gasteiger partial charge in [0.15, 0.2) is 0 Å². The number of hydrogen-bond donors (Lipinski definition) is 2. The Kier molecular flexibility index (Phi) is 4.63. The van der Waals surface area contributed by atoms with E-state index in [4.69, 9.17) is 0 Å². The summed E-state index contributed by atoms with van der Waals surface area (Å²) in [6.07, 6.45) is 5.88. The third-order valence-corrected chi connectivity index (χ3v) is 5.08. The zero-order valence-electron chi connectivity index (χ0n) is 11.8. The van der Waals surface area contributed by atoms with E-state index in [9.17, 15) is 9.90 Å². The Morgan fingerprint density at radius 1 is 1.42 bits per heavy atom. The van der Waals surface area contributed by atoms with Crippen LogP contribution in [0.4, 0.5) is 0 Å². The molecule has 1 amide bonds. The average Bonchev–Trinajstić information content (AvgIpc) is 2.78. The van der Waals surface area contributed by atoms with Gasteiger partial charge in [0.1, 0.15) is 0 Å². The van der Waals surface area contributed by atoms with Crippen molar-refractivity contribution in [3.63, 3.8) is 0 Å². The molecule has 0 aromatic carbocycles. The molecule has 0 spiro atoms. The van der Waals surface area contributed by atoms with Gasteiger partial charge in [0, 0.05) is 11.4 Å². The Labute approximate surface area is 119 Å². The van der Waals surface area contributed by atoms with Crippen molar-refractivity contribution in [1.82, 2.24) is 5.32 Å². The van der Waals surface area contributed by atoms with E-state index >= 15 is 0 Å². The van der Waals surface area contributed by atoms with Crippen LogP contribution in [0, 0.1) is 6.92 Å². The van der Waals surface area contributed by atoms with Gasteiger partial charge in [-0.3, -0.25) is 4.79 Å². The molecule has 0 bridgehead atoms. The second-order valence-corrected chi connectivity index (χ2v) is 6.77. The topological polar surface area (TPSA) is 49.3 Å². The van der Waals surface area contributed by atoms with Gasteiger partial charge >= 0.3 is 0 Å². The molecule has 0 radical (unpaired) electrons. The number of nitrogens with one attached hydrogen (secondary N) is 1. The lowest BCUT2D eigenvalue weighted by molar-refractivity contribution is 0.00529. The fourth-order valence-corrected chi connectivity index (χ4v) is 3.73. The Morgan fingerprint density at radius 2 is 2.11 bits per heavy atom. The first-order valence-corrected chi connectivity index (χ1v) is 7.95. The van der Waals surface area contributed by atoms with Crippen molar-refractivity contribution >= 4 is 17.2 Å². The molecule has 1 aromatic heterocycles. The number of aryl methyl sites for hydroxylation is 2. The maximum absolute atomic E-state index is 12.1. The highest BCUT2D eigenvalue weighted by Crippen LogP contribution is 2.27. The SMILES string of the molecule is CCc1cc(C(=O)NCC2(O)CCCCC2)sc1C. The van der Waals surface area contributed by atoms with Crippen molar-refractivity contribution in [3.8, 4) is 0 Å². The molecule has 2 N–H and O–H groups in total. The molecule has 0 aliphatic heterocycles. The number of aliphatic hydroxyl groups is 1. The molecule has 1 heterocycles. The van der Waals surface area contributed by atoms with E-state index in [0.717, 1.165) is 37.0 Å². The summed E-state index contributed by atoms with van der Waals surface area (Å²) in [4.78, 5) is 14.1. The Hall–Kier alpha value is -0.870. The lowest BCUT2D eigenvalue weighted by atomic mass is 9.85. The predicted molar refractivity (Wildman–Crippen MR) is 78.8 cm³/mol. The zero-order valence-corrected chi connectivity index (χ0v) is 12.6. The van der Waals surface area contributed by atoms with Gasteiger partial charge in [0.25, 0.3) is 5.91 Å². The van der Waals surface area contributed by atoms with Crippen LogP contribution in [0.15, 0.2) is 6.07 Å². The van der Waals surface area contributed by atoms with E-state index in [1.54, 1.807) is 0 Å². The lowest BCUT2D eigenvalue weighted by Gasteiger charge is -2.32. The maximum Gasteiger partial charge on any atom is 0.261 e. The fraction of sp³-hybridized carbons (Fsp3) is 0.667. The molecule has 19 heavy (non-hydrogen) atoms. The summed E-state index contributed by atoms with van der Waals surface area (Å²) in [5.41, 5.74) is 0.555. The van der Waals surface area contributed by atoms with E-state index in [1.165, 1.54) is 28.2 Å². The van der Waals surface area contributed by atoms with Gasteiger partial charge < -0.3 is 10.4 Å². The second kappa shape index (κ2) is 6.06. The van der Waals surface area contributed by atoms with Crippen molar-refractivity contribution in [3.05, 3.63) is 21.4 Å². The monoisotopic (exact) mass is 281 g/mol. The number of carbonyl (C=O) groups is 1. The van der Waals surface area contributed by atoms with Crippen molar-refractivity contribution in [2.45, 2.75) is 58.0 Å². The average molecular weight is 281 g/mol. The molecule has 1 aliphatic carbocycles. The van der Waals surface area contributed by atoms with Gasteiger partial charge in [-0.1, -0.05) is 26.2 Å². The van der Waals surface area contributed by atoms with Crippen molar-refractivity contribution < 1.29 is 9.90 Å². The minimum Gasteiger partial charge on any atom is -0.388 e. The predicted octanol–water partition coefficient (Wildman–Crippen LogP) is 3.04. The summed E-state index contributed by atoms with van der Waals surface area (Å²) < 4.78 is 0. The Balaban J connectivity index is 1.93. The summed E-state index contributed by atoms with van der Waals surface area (Å²) in [6.45, 7) is 4.53. The standard InChI is InChI=1S/C15H23NO2S/c1-3-12-9-13(19-11(12)2)14(17)16-10-15(18)7-5-4-6-8-15/h9,18H,3-8,10H2,1-2H3,(H,16,17). The van der Waals surface area contributed by atoms with E-state index in [2.05, 4.69) is 19.2 Å². The van der Waals surface area contributed by atoms with Gasteiger partial charge in [0.05, 0.1) is 10.5 Å². The Morgan fingerprint density at radius 3 is 2.68 bits per heavy atom. The van der Waals surface area contributed by atoms with Crippen molar-refractivity contribution in [2.24, 2.45) is 0 Å². The van der Waals surface area contributed by atoms with Crippen LogP contribution in [0.3, 0.4) is 0 Å². The van der Waals surface area contributed by atoms with E-state index in [1.807, 2.05) is 6.07 Å². The van der Waals surface area contributed by atoms with Crippen LogP contribution in [0.25, 0.3) is 0 Å². The normalized spacial score (nSPS) is 18.3. The highest BCUT2D eigenvalue weighted by atomic mass is 32.1. The molecule has 0 saturated heterocycles. The molecular weight excluding hydrogens is 258 g/mol. The number of amides is 1. The smallest absolute Gasteiger partial charge is 0.261 e.